The fourth-order valence-corrected chi connectivity index (χ4v) is 3.59. The maximum Gasteiger partial charge on any atom is 0.256 e. The molecule has 3 nitrogen and oxygen atoms in total. The molecule has 2 unspecified atom stereocenters. The minimum Gasteiger partial charge on any atom is -0.389 e. The van der Waals surface area contributed by atoms with Crippen molar-refractivity contribution in [3.8, 4) is 0 Å². The first-order valence-corrected chi connectivity index (χ1v) is 7.46. The molecule has 5 heteroatoms. The van der Waals surface area contributed by atoms with Crippen molar-refractivity contribution < 1.29 is 18.7 Å². The molecule has 1 heterocycles. The summed E-state index contributed by atoms with van der Waals surface area (Å²) in [6.07, 6.45) is 4.23. The number of nitrogens with zero attached hydrogens (tertiary/aromatic N) is 1. The van der Waals surface area contributed by atoms with Gasteiger partial charge in [0.25, 0.3) is 5.91 Å². The van der Waals surface area contributed by atoms with E-state index in [-0.39, 0.29) is 11.5 Å². The topological polar surface area (TPSA) is 40.5 Å². The standard InChI is InChI=1S/C16H19F2NO2/c17-12-4-5-14(18)13(9-12)15(20)19-8-7-16(21)6-2-1-3-11(16)10-19/h4-5,9,11,21H,1-3,6-8,10H2. The van der Waals surface area contributed by atoms with Crippen molar-refractivity contribution in [3.05, 3.63) is 35.4 Å². The predicted octanol–water partition coefficient (Wildman–Crippen LogP) is 2.73. The van der Waals surface area contributed by atoms with Crippen LogP contribution < -0.4 is 0 Å². The van der Waals surface area contributed by atoms with Gasteiger partial charge in [0.2, 0.25) is 0 Å². The monoisotopic (exact) mass is 295 g/mol. The summed E-state index contributed by atoms with van der Waals surface area (Å²) in [5.74, 6) is -1.77. The molecule has 0 spiro atoms. The summed E-state index contributed by atoms with van der Waals surface area (Å²) >= 11 is 0. The van der Waals surface area contributed by atoms with Gasteiger partial charge < -0.3 is 10.0 Å². The van der Waals surface area contributed by atoms with Gasteiger partial charge in [0.15, 0.2) is 0 Å². The lowest BCUT2D eigenvalue weighted by Crippen LogP contribution is -2.54. The average molecular weight is 295 g/mol. The Balaban J connectivity index is 1.79. The number of aliphatic hydroxyl groups is 1. The summed E-state index contributed by atoms with van der Waals surface area (Å²) in [6, 6.07) is 2.92. The quantitative estimate of drug-likeness (QED) is 0.865. The molecule has 0 aromatic heterocycles. The molecule has 2 atom stereocenters. The van der Waals surface area contributed by atoms with Crippen molar-refractivity contribution in [2.24, 2.45) is 5.92 Å². The van der Waals surface area contributed by atoms with E-state index < -0.39 is 23.1 Å². The van der Waals surface area contributed by atoms with Crippen LogP contribution in [0.15, 0.2) is 18.2 Å². The first-order chi connectivity index (χ1) is 9.99. The lowest BCUT2D eigenvalue weighted by molar-refractivity contribution is -0.0886. The highest BCUT2D eigenvalue weighted by atomic mass is 19.1. The molecule has 1 aliphatic carbocycles. The van der Waals surface area contributed by atoms with Crippen LogP contribution in [0.3, 0.4) is 0 Å². The second-order valence-corrected chi connectivity index (χ2v) is 6.17. The Morgan fingerprint density at radius 1 is 1.29 bits per heavy atom. The molecule has 2 fully saturated rings. The average Bonchev–Trinajstić information content (AvgIpc) is 2.48. The zero-order valence-electron chi connectivity index (χ0n) is 11.8. The highest BCUT2D eigenvalue weighted by Gasteiger charge is 2.44. The molecule has 1 aliphatic heterocycles. The molecule has 1 amide bonds. The molecule has 2 aliphatic rings. The first-order valence-electron chi connectivity index (χ1n) is 7.46. The number of rotatable bonds is 1. The largest absolute Gasteiger partial charge is 0.389 e. The SMILES string of the molecule is O=C(c1cc(F)ccc1F)N1CCC2(O)CCCCC2C1. The molecule has 0 bridgehead atoms. The van der Waals surface area contributed by atoms with E-state index in [9.17, 15) is 18.7 Å². The van der Waals surface area contributed by atoms with Crippen molar-refractivity contribution in [1.82, 2.24) is 4.90 Å². The molecule has 1 aromatic rings. The van der Waals surface area contributed by atoms with E-state index in [1.807, 2.05) is 0 Å². The highest BCUT2D eigenvalue weighted by Crippen LogP contribution is 2.40. The Kier molecular flexibility index (Phi) is 3.69. The first kappa shape index (κ1) is 14.4. The molecular weight excluding hydrogens is 276 g/mol. The predicted molar refractivity (Wildman–Crippen MR) is 73.8 cm³/mol. The lowest BCUT2D eigenvalue weighted by Gasteiger charge is -2.47. The van der Waals surface area contributed by atoms with Crippen molar-refractivity contribution in [3.63, 3.8) is 0 Å². The number of carbonyl (C=O) groups excluding carboxylic acids is 1. The molecule has 114 valence electrons. The molecule has 1 aromatic carbocycles. The van der Waals surface area contributed by atoms with Crippen LogP contribution >= 0.6 is 0 Å². The molecule has 3 rings (SSSR count). The Hall–Kier alpha value is -1.49. The fraction of sp³-hybridized carbons (Fsp3) is 0.562. The number of carbonyl (C=O) groups is 1. The molecule has 1 N–H and O–H groups in total. The van der Waals surface area contributed by atoms with Gasteiger partial charge in [-0.3, -0.25) is 4.79 Å². The van der Waals surface area contributed by atoms with Crippen LogP contribution in [0.4, 0.5) is 8.78 Å². The van der Waals surface area contributed by atoms with Gasteiger partial charge in [-0.2, -0.15) is 0 Å². The van der Waals surface area contributed by atoms with Gasteiger partial charge in [-0.25, -0.2) is 8.78 Å². The van der Waals surface area contributed by atoms with E-state index in [1.165, 1.54) is 0 Å². The van der Waals surface area contributed by atoms with Gasteiger partial charge in [0, 0.05) is 19.0 Å². The second kappa shape index (κ2) is 5.37. The summed E-state index contributed by atoms with van der Waals surface area (Å²) in [5.41, 5.74) is -0.911. The minimum atomic E-state index is -0.703. The smallest absolute Gasteiger partial charge is 0.256 e. The Morgan fingerprint density at radius 3 is 2.90 bits per heavy atom. The van der Waals surface area contributed by atoms with Crippen LogP contribution in [0.1, 0.15) is 42.5 Å². The van der Waals surface area contributed by atoms with E-state index in [0.29, 0.717) is 19.5 Å². The summed E-state index contributed by atoms with van der Waals surface area (Å²) in [5, 5.41) is 10.6. The van der Waals surface area contributed by atoms with E-state index in [4.69, 9.17) is 0 Å². The van der Waals surface area contributed by atoms with Gasteiger partial charge in [0.1, 0.15) is 11.6 Å². The zero-order valence-corrected chi connectivity index (χ0v) is 11.8. The number of amides is 1. The maximum atomic E-state index is 13.7. The third-order valence-corrected chi connectivity index (χ3v) is 4.87. The van der Waals surface area contributed by atoms with Crippen LogP contribution in [0.2, 0.25) is 0 Å². The zero-order chi connectivity index (χ0) is 15.0. The molecule has 1 saturated heterocycles. The number of fused-ring (bicyclic) bond motifs is 1. The summed E-state index contributed by atoms with van der Waals surface area (Å²) < 4.78 is 26.9. The van der Waals surface area contributed by atoms with E-state index >= 15 is 0 Å². The third-order valence-electron chi connectivity index (χ3n) is 4.87. The molecule has 21 heavy (non-hydrogen) atoms. The number of halogens is 2. The van der Waals surface area contributed by atoms with E-state index in [0.717, 1.165) is 43.9 Å². The van der Waals surface area contributed by atoms with Crippen LogP contribution in [0.25, 0.3) is 0 Å². The third kappa shape index (κ3) is 2.67. The van der Waals surface area contributed by atoms with Crippen LogP contribution in [-0.2, 0) is 0 Å². The molecule has 1 saturated carbocycles. The van der Waals surface area contributed by atoms with Gasteiger partial charge in [-0.15, -0.1) is 0 Å². The Morgan fingerprint density at radius 2 is 2.10 bits per heavy atom. The normalized spacial score (nSPS) is 29.1. The van der Waals surface area contributed by atoms with Crippen molar-refractivity contribution in [2.75, 3.05) is 13.1 Å². The van der Waals surface area contributed by atoms with E-state index in [1.54, 1.807) is 4.90 Å². The molecule has 0 radical (unpaired) electrons. The lowest BCUT2D eigenvalue weighted by atomic mass is 9.71. The van der Waals surface area contributed by atoms with Crippen LogP contribution in [0, 0.1) is 17.6 Å². The number of likely N-dealkylation sites (tertiary alicyclic amines) is 1. The van der Waals surface area contributed by atoms with Gasteiger partial charge in [-0.05, 0) is 37.5 Å². The van der Waals surface area contributed by atoms with Gasteiger partial charge in [-0.1, -0.05) is 12.8 Å². The second-order valence-electron chi connectivity index (χ2n) is 6.17. The number of hydrogen-bond donors (Lipinski definition) is 1. The van der Waals surface area contributed by atoms with Crippen LogP contribution in [-0.4, -0.2) is 34.6 Å². The van der Waals surface area contributed by atoms with Crippen molar-refractivity contribution in [1.29, 1.82) is 0 Å². The molecular formula is C16H19F2NO2. The van der Waals surface area contributed by atoms with Crippen molar-refractivity contribution >= 4 is 5.91 Å². The maximum absolute atomic E-state index is 13.7. The van der Waals surface area contributed by atoms with Crippen LogP contribution in [0.5, 0.6) is 0 Å². The van der Waals surface area contributed by atoms with Gasteiger partial charge >= 0.3 is 0 Å². The number of benzene rings is 1. The minimum absolute atomic E-state index is 0.0422. The number of piperidine rings is 1. The summed E-state index contributed by atoms with van der Waals surface area (Å²) in [6.45, 7) is 0.813. The van der Waals surface area contributed by atoms with Gasteiger partial charge in [0.05, 0.1) is 11.2 Å². The number of hydrogen-bond acceptors (Lipinski definition) is 2. The fourth-order valence-electron chi connectivity index (χ4n) is 3.59. The summed E-state index contributed by atoms with van der Waals surface area (Å²) in [4.78, 5) is 13.9. The Labute approximate surface area is 122 Å². The summed E-state index contributed by atoms with van der Waals surface area (Å²) in [7, 11) is 0. The van der Waals surface area contributed by atoms with Crippen molar-refractivity contribution in [2.45, 2.75) is 37.7 Å². The Bertz CT molecular complexity index is 563. The van der Waals surface area contributed by atoms with E-state index in [2.05, 4.69) is 0 Å². The highest BCUT2D eigenvalue weighted by molar-refractivity contribution is 5.94.